The lowest BCUT2D eigenvalue weighted by molar-refractivity contribution is -0.139. The van der Waals surface area contributed by atoms with E-state index in [0.717, 1.165) is 40.5 Å². The van der Waals surface area contributed by atoms with Gasteiger partial charge in [-0.15, -0.1) is 11.3 Å². The molecule has 0 saturated carbocycles. The summed E-state index contributed by atoms with van der Waals surface area (Å²) in [6, 6.07) is 0. The smallest absolute Gasteiger partial charge is 0.312 e. The van der Waals surface area contributed by atoms with E-state index in [2.05, 4.69) is 23.9 Å². The second-order valence-corrected chi connectivity index (χ2v) is 7.48. The standard InChI is InChI=1S/C17H21N3O2S/c1-11(2)9-20-10-12(8-18-20)6-7-15-19-16-13(17(21)22)4-3-5-14(16)23-15/h6-8,10-11,13H,3-5,9H2,1-2H3,(H,21,22)/b7-6+. The van der Waals surface area contributed by atoms with Gasteiger partial charge in [0.05, 0.1) is 17.8 Å². The van der Waals surface area contributed by atoms with Crippen molar-refractivity contribution in [1.82, 2.24) is 14.8 Å². The topological polar surface area (TPSA) is 68.0 Å². The van der Waals surface area contributed by atoms with Crippen LogP contribution in [-0.2, 0) is 17.8 Å². The zero-order chi connectivity index (χ0) is 16.4. The normalized spacial score (nSPS) is 17.8. The van der Waals surface area contributed by atoms with Crippen LogP contribution in [0.3, 0.4) is 0 Å². The molecule has 0 fully saturated rings. The van der Waals surface area contributed by atoms with E-state index < -0.39 is 11.9 Å². The molecule has 2 heterocycles. The lowest BCUT2D eigenvalue weighted by Crippen LogP contribution is -2.17. The summed E-state index contributed by atoms with van der Waals surface area (Å²) in [4.78, 5) is 17.0. The highest BCUT2D eigenvalue weighted by molar-refractivity contribution is 7.12. The Bertz CT molecular complexity index is 730. The Kier molecular flexibility index (Phi) is 4.61. The molecule has 122 valence electrons. The molecule has 2 aromatic heterocycles. The Morgan fingerprint density at radius 2 is 2.35 bits per heavy atom. The second-order valence-electron chi connectivity index (χ2n) is 6.37. The first kappa shape index (κ1) is 15.9. The van der Waals surface area contributed by atoms with Gasteiger partial charge in [0.25, 0.3) is 0 Å². The summed E-state index contributed by atoms with van der Waals surface area (Å²) in [5.74, 6) is -0.641. The van der Waals surface area contributed by atoms with Crippen LogP contribution in [0.25, 0.3) is 12.2 Å². The summed E-state index contributed by atoms with van der Waals surface area (Å²) in [7, 11) is 0. The van der Waals surface area contributed by atoms with Crippen molar-refractivity contribution in [1.29, 1.82) is 0 Å². The number of carboxylic acids is 1. The van der Waals surface area contributed by atoms with Crippen molar-refractivity contribution in [2.75, 3.05) is 0 Å². The average molecular weight is 331 g/mol. The van der Waals surface area contributed by atoms with Gasteiger partial charge in [-0.2, -0.15) is 5.10 Å². The highest BCUT2D eigenvalue weighted by atomic mass is 32.1. The number of nitrogens with zero attached hydrogens (tertiary/aromatic N) is 3. The number of hydrogen-bond donors (Lipinski definition) is 1. The Balaban J connectivity index is 1.76. The fourth-order valence-electron chi connectivity index (χ4n) is 2.86. The third-order valence-corrected chi connectivity index (χ3v) is 4.99. The molecule has 3 rings (SSSR count). The molecule has 1 aliphatic carbocycles. The Morgan fingerprint density at radius 1 is 1.52 bits per heavy atom. The molecule has 0 saturated heterocycles. The molecule has 1 aliphatic rings. The predicted octanol–water partition coefficient (Wildman–Crippen LogP) is 3.67. The van der Waals surface area contributed by atoms with E-state index in [4.69, 9.17) is 0 Å². The molecule has 1 atom stereocenters. The molecule has 23 heavy (non-hydrogen) atoms. The maximum Gasteiger partial charge on any atom is 0.312 e. The SMILES string of the molecule is CC(C)Cn1cc(/C=C/c2nc3c(s2)CCCC3C(=O)O)cn1. The molecule has 0 radical (unpaired) electrons. The number of rotatable bonds is 5. The zero-order valence-electron chi connectivity index (χ0n) is 13.4. The molecule has 1 unspecified atom stereocenters. The van der Waals surface area contributed by atoms with Crippen LogP contribution < -0.4 is 0 Å². The summed E-state index contributed by atoms with van der Waals surface area (Å²) in [6.45, 7) is 5.23. The van der Waals surface area contributed by atoms with Gasteiger partial charge >= 0.3 is 5.97 Å². The van der Waals surface area contributed by atoms with Crippen molar-refractivity contribution in [2.24, 2.45) is 5.92 Å². The van der Waals surface area contributed by atoms with Crippen LogP contribution in [0.15, 0.2) is 12.4 Å². The largest absolute Gasteiger partial charge is 0.481 e. The van der Waals surface area contributed by atoms with Gasteiger partial charge in [0, 0.05) is 23.2 Å². The van der Waals surface area contributed by atoms with Crippen LogP contribution in [0.4, 0.5) is 0 Å². The van der Waals surface area contributed by atoms with Gasteiger partial charge < -0.3 is 5.11 Å². The van der Waals surface area contributed by atoms with E-state index in [1.165, 1.54) is 0 Å². The van der Waals surface area contributed by atoms with E-state index >= 15 is 0 Å². The van der Waals surface area contributed by atoms with Gasteiger partial charge in [-0.3, -0.25) is 9.48 Å². The first-order valence-electron chi connectivity index (χ1n) is 7.96. The molecule has 5 nitrogen and oxygen atoms in total. The van der Waals surface area contributed by atoms with Gasteiger partial charge in [-0.25, -0.2) is 4.98 Å². The summed E-state index contributed by atoms with van der Waals surface area (Å²) >= 11 is 1.60. The molecule has 0 amide bonds. The van der Waals surface area contributed by atoms with Gasteiger partial charge in [0.15, 0.2) is 0 Å². The van der Waals surface area contributed by atoms with Crippen molar-refractivity contribution in [3.8, 4) is 0 Å². The monoisotopic (exact) mass is 331 g/mol. The zero-order valence-corrected chi connectivity index (χ0v) is 14.2. The maximum atomic E-state index is 11.3. The number of aromatic nitrogens is 3. The Hall–Kier alpha value is -1.95. The fourth-order valence-corrected chi connectivity index (χ4v) is 3.93. The van der Waals surface area contributed by atoms with E-state index in [0.29, 0.717) is 12.3 Å². The van der Waals surface area contributed by atoms with Gasteiger partial charge in [0.1, 0.15) is 5.01 Å². The molecule has 0 aromatic carbocycles. The van der Waals surface area contributed by atoms with E-state index in [1.807, 2.05) is 29.2 Å². The molecule has 1 N–H and O–H groups in total. The first-order valence-corrected chi connectivity index (χ1v) is 8.77. The van der Waals surface area contributed by atoms with Gasteiger partial charge in [-0.1, -0.05) is 13.8 Å². The van der Waals surface area contributed by atoms with Crippen molar-refractivity contribution in [3.05, 3.63) is 33.5 Å². The van der Waals surface area contributed by atoms with Gasteiger partial charge in [-0.05, 0) is 37.3 Å². The molecular weight excluding hydrogens is 310 g/mol. The molecule has 0 aliphatic heterocycles. The number of hydrogen-bond acceptors (Lipinski definition) is 4. The first-order chi connectivity index (χ1) is 11.0. The highest BCUT2D eigenvalue weighted by Gasteiger charge is 2.29. The lowest BCUT2D eigenvalue weighted by atomic mass is 9.91. The molecule has 0 spiro atoms. The van der Waals surface area contributed by atoms with Crippen LogP contribution in [0.1, 0.15) is 53.7 Å². The second kappa shape index (κ2) is 6.66. The van der Waals surface area contributed by atoms with Crippen LogP contribution >= 0.6 is 11.3 Å². The summed E-state index contributed by atoms with van der Waals surface area (Å²) < 4.78 is 1.94. The number of aliphatic carboxylic acids is 1. The molecular formula is C17H21N3O2S. The minimum Gasteiger partial charge on any atom is -0.481 e. The fraction of sp³-hybridized carbons (Fsp3) is 0.471. The average Bonchev–Trinajstić information content (AvgIpc) is 3.09. The third-order valence-electron chi connectivity index (χ3n) is 3.89. The summed E-state index contributed by atoms with van der Waals surface area (Å²) in [6.07, 6.45) is 10.4. The predicted molar refractivity (Wildman–Crippen MR) is 91.4 cm³/mol. The van der Waals surface area contributed by atoms with Gasteiger partial charge in [0.2, 0.25) is 0 Å². The van der Waals surface area contributed by atoms with Crippen LogP contribution in [0.2, 0.25) is 0 Å². The third kappa shape index (κ3) is 3.69. The van der Waals surface area contributed by atoms with Crippen molar-refractivity contribution >= 4 is 29.5 Å². The van der Waals surface area contributed by atoms with Crippen molar-refractivity contribution < 1.29 is 9.90 Å². The van der Waals surface area contributed by atoms with Crippen LogP contribution in [-0.4, -0.2) is 25.8 Å². The number of carbonyl (C=O) groups is 1. The van der Waals surface area contributed by atoms with E-state index in [-0.39, 0.29) is 0 Å². The minimum atomic E-state index is -0.762. The number of thiazole rings is 1. The van der Waals surface area contributed by atoms with E-state index in [9.17, 15) is 9.90 Å². The van der Waals surface area contributed by atoms with Crippen LogP contribution in [0, 0.1) is 5.92 Å². The number of carboxylic acid groups (broad SMARTS) is 1. The van der Waals surface area contributed by atoms with E-state index in [1.54, 1.807) is 11.3 Å². The summed E-state index contributed by atoms with van der Waals surface area (Å²) in [5.41, 5.74) is 1.80. The van der Waals surface area contributed by atoms with Crippen molar-refractivity contribution in [3.63, 3.8) is 0 Å². The Labute approximate surface area is 139 Å². The van der Waals surface area contributed by atoms with Crippen LogP contribution in [0.5, 0.6) is 0 Å². The number of fused-ring (bicyclic) bond motifs is 1. The maximum absolute atomic E-state index is 11.3. The highest BCUT2D eigenvalue weighted by Crippen LogP contribution is 2.35. The lowest BCUT2D eigenvalue weighted by Gasteiger charge is -2.16. The van der Waals surface area contributed by atoms with Crippen molar-refractivity contribution in [2.45, 2.75) is 45.6 Å². The quantitative estimate of drug-likeness (QED) is 0.907. The summed E-state index contributed by atoms with van der Waals surface area (Å²) in [5, 5.41) is 14.5. The molecule has 0 bridgehead atoms. The molecule has 2 aromatic rings. The minimum absolute atomic E-state index is 0.439. The Morgan fingerprint density at radius 3 is 3.09 bits per heavy atom. The molecule has 6 heteroatoms. The number of aryl methyl sites for hydroxylation is 1.